The summed E-state index contributed by atoms with van der Waals surface area (Å²) in [4.78, 5) is 20.4. The molecule has 3 rings (SSSR count). The zero-order valence-electron chi connectivity index (χ0n) is 15.8. The first-order chi connectivity index (χ1) is 13.9. The van der Waals surface area contributed by atoms with Crippen LogP contribution in [0.4, 0.5) is 13.2 Å². The minimum Gasteiger partial charge on any atom is -0.432 e. The molecule has 7 heteroatoms. The molecule has 0 unspecified atom stereocenters. The van der Waals surface area contributed by atoms with Gasteiger partial charge in [-0.05, 0) is 43.0 Å². The van der Waals surface area contributed by atoms with Crippen LogP contribution in [0.3, 0.4) is 0 Å². The largest absolute Gasteiger partial charge is 0.432 e. The van der Waals surface area contributed by atoms with E-state index in [0.717, 1.165) is 25.3 Å². The smallest absolute Gasteiger partial charge is 0.416 e. The zero-order chi connectivity index (χ0) is 20.7. The van der Waals surface area contributed by atoms with Gasteiger partial charge in [-0.2, -0.15) is 13.2 Å². The second-order valence-electron chi connectivity index (χ2n) is 6.78. The minimum absolute atomic E-state index is 0.0784. The molecule has 0 fully saturated rings. The van der Waals surface area contributed by atoms with Crippen LogP contribution in [0.15, 0.2) is 59.3 Å². The summed E-state index contributed by atoms with van der Waals surface area (Å²) in [5.41, 5.74) is 0.683. The fraction of sp³-hybridized carbons (Fsp3) is 0.318. The number of aryl methyl sites for hydroxylation is 1. The summed E-state index contributed by atoms with van der Waals surface area (Å²) in [7, 11) is 0. The Morgan fingerprint density at radius 2 is 1.79 bits per heavy atom. The molecular formula is C22H21F3N2O2. The van der Waals surface area contributed by atoms with Crippen molar-refractivity contribution in [3.8, 4) is 11.5 Å². The molecule has 4 nitrogen and oxygen atoms in total. The molecule has 0 aliphatic rings. The number of Topliss-reactive ketones (excluding diaryl/α,β-unsaturated/α-hetero) is 1. The summed E-state index contributed by atoms with van der Waals surface area (Å²) in [5, 5.41) is 0. The molecule has 1 aromatic carbocycles. The number of alkyl halides is 3. The van der Waals surface area contributed by atoms with Gasteiger partial charge in [-0.1, -0.05) is 37.1 Å². The van der Waals surface area contributed by atoms with Gasteiger partial charge in [-0.3, -0.25) is 9.78 Å². The Balaban J connectivity index is 1.38. The van der Waals surface area contributed by atoms with E-state index in [9.17, 15) is 18.0 Å². The van der Waals surface area contributed by atoms with Crippen molar-refractivity contribution >= 4 is 5.78 Å². The van der Waals surface area contributed by atoms with Gasteiger partial charge in [0.2, 0.25) is 5.78 Å². The van der Waals surface area contributed by atoms with Gasteiger partial charge in [0.15, 0.2) is 5.76 Å². The molecule has 0 amide bonds. The fourth-order valence-corrected chi connectivity index (χ4v) is 3.01. The van der Waals surface area contributed by atoms with Crippen LogP contribution in [0.2, 0.25) is 0 Å². The van der Waals surface area contributed by atoms with E-state index in [0.29, 0.717) is 36.3 Å². The van der Waals surface area contributed by atoms with Crippen LogP contribution in [-0.2, 0) is 12.6 Å². The predicted molar refractivity (Wildman–Crippen MR) is 102 cm³/mol. The van der Waals surface area contributed by atoms with Crippen molar-refractivity contribution in [2.24, 2.45) is 0 Å². The Hall–Kier alpha value is -2.96. The van der Waals surface area contributed by atoms with Crippen LogP contribution in [0.5, 0.6) is 0 Å². The Kier molecular flexibility index (Phi) is 6.80. The lowest BCUT2D eigenvalue weighted by molar-refractivity contribution is -0.137. The minimum atomic E-state index is -4.31. The lowest BCUT2D eigenvalue weighted by Crippen LogP contribution is -2.05. The van der Waals surface area contributed by atoms with Crippen LogP contribution < -0.4 is 0 Å². The van der Waals surface area contributed by atoms with Gasteiger partial charge in [0.1, 0.15) is 5.69 Å². The third-order valence-corrected chi connectivity index (χ3v) is 4.54. The summed E-state index contributed by atoms with van der Waals surface area (Å²) in [6, 6.07) is 10.8. The number of carbonyl (C=O) groups is 1. The van der Waals surface area contributed by atoms with Gasteiger partial charge in [0.25, 0.3) is 5.89 Å². The predicted octanol–water partition coefficient (Wildman–Crippen LogP) is 6.13. The van der Waals surface area contributed by atoms with E-state index >= 15 is 0 Å². The number of rotatable bonds is 9. The number of halogens is 3. The van der Waals surface area contributed by atoms with Crippen LogP contribution in [-0.4, -0.2) is 15.8 Å². The lowest BCUT2D eigenvalue weighted by Gasteiger charge is -2.08. The Morgan fingerprint density at radius 1 is 0.966 bits per heavy atom. The van der Waals surface area contributed by atoms with Crippen molar-refractivity contribution < 1.29 is 22.4 Å². The molecule has 0 aliphatic carbocycles. The van der Waals surface area contributed by atoms with Crippen molar-refractivity contribution in [3.05, 3.63) is 71.9 Å². The average Bonchev–Trinajstić information content (AvgIpc) is 3.21. The first-order valence-corrected chi connectivity index (χ1v) is 9.50. The van der Waals surface area contributed by atoms with Gasteiger partial charge >= 0.3 is 6.18 Å². The van der Waals surface area contributed by atoms with Crippen LogP contribution in [0, 0.1) is 0 Å². The van der Waals surface area contributed by atoms with E-state index in [1.165, 1.54) is 18.3 Å². The third kappa shape index (κ3) is 6.01. The van der Waals surface area contributed by atoms with E-state index in [1.807, 2.05) is 6.07 Å². The van der Waals surface area contributed by atoms with Crippen molar-refractivity contribution in [2.45, 2.75) is 44.7 Å². The van der Waals surface area contributed by atoms with E-state index in [2.05, 4.69) is 9.97 Å². The maximum atomic E-state index is 12.7. The number of carbonyl (C=O) groups excluding carboxylic acids is 1. The zero-order valence-corrected chi connectivity index (χ0v) is 15.8. The van der Waals surface area contributed by atoms with Crippen molar-refractivity contribution in [1.29, 1.82) is 0 Å². The summed E-state index contributed by atoms with van der Waals surface area (Å²) in [5.74, 6) is 0.370. The fourth-order valence-electron chi connectivity index (χ4n) is 3.01. The van der Waals surface area contributed by atoms with Gasteiger partial charge in [-0.15, -0.1) is 0 Å². The van der Waals surface area contributed by atoms with Crippen molar-refractivity contribution in [3.63, 3.8) is 0 Å². The molecule has 0 atom stereocenters. The third-order valence-electron chi connectivity index (χ3n) is 4.54. The van der Waals surface area contributed by atoms with Gasteiger partial charge < -0.3 is 4.42 Å². The second kappa shape index (κ2) is 9.49. The number of aromatic nitrogens is 2. The van der Waals surface area contributed by atoms with Gasteiger partial charge in [0.05, 0.1) is 11.8 Å². The van der Waals surface area contributed by atoms with E-state index in [4.69, 9.17) is 4.42 Å². The molecule has 0 aliphatic heterocycles. The number of pyridine rings is 1. The quantitative estimate of drug-likeness (QED) is 0.319. The summed E-state index contributed by atoms with van der Waals surface area (Å²) in [6.45, 7) is 0. The van der Waals surface area contributed by atoms with E-state index < -0.39 is 11.7 Å². The highest BCUT2D eigenvalue weighted by Gasteiger charge is 2.30. The Bertz CT molecular complexity index is 936. The highest BCUT2D eigenvalue weighted by atomic mass is 19.4. The molecule has 29 heavy (non-hydrogen) atoms. The number of benzene rings is 1. The van der Waals surface area contributed by atoms with E-state index in [-0.39, 0.29) is 11.7 Å². The monoisotopic (exact) mass is 402 g/mol. The molecule has 0 N–H and O–H groups in total. The normalized spacial score (nSPS) is 11.6. The molecule has 0 radical (unpaired) electrons. The molecule has 2 heterocycles. The van der Waals surface area contributed by atoms with Crippen molar-refractivity contribution in [2.75, 3.05) is 0 Å². The van der Waals surface area contributed by atoms with Crippen LogP contribution in [0.1, 0.15) is 53.9 Å². The summed E-state index contributed by atoms with van der Waals surface area (Å²) < 4.78 is 43.7. The topological polar surface area (TPSA) is 56.0 Å². The molecular weight excluding hydrogens is 381 g/mol. The average molecular weight is 402 g/mol. The molecule has 152 valence electrons. The number of oxazole rings is 1. The highest BCUT2D eigenvalue weighted by Crippen LogP contribution is 2.29. The molecule has 2 aromatic heterocycles. The maximum Gasteiger partial charge on any atom is 0.416 e. The van der Waals surface area contributed by atoms with Crippen LogP contribution in [0.25, 0.3) is 11.5 Å². The SMILES string of the molecule is O=C(CCCCCCc1cccc(C(F)(F)F)c1)c1ncc(-c2ccccn2)o1. The number of unbranched alkanes of at least 4 members (excludes halogenated alkanes) is 3. The first kappa shape index (κ1) is 20.8. The first-order valence-electron chi connectivity index (χ1n) is 9.50. The molecule has 0 spiro atoms. The summed E-state index contributed by atoms with van der Waals surface area (Å²) in [6.07, 6.45) is 2.85. The number of hydrogen-bond donors (Lipinski definition) is 0. The van der Waals surface area contributed by atoms with E-state index in [1.54, 1.807) is 24.4 Å². The maximum absolute atomic E-state index is 12.7. The second-order valence-corrected chi connectivity index (χ2v) is 6.78. The number of nitrogens with zero attached hydrogens (tertiary/aromatic N) is 2. The van der Waals surface area contributed by atoms with Gasteiger partial charge in [0, 0.05) is 12.6 Å². The molecule has 0 bridgehead atoms. The molecule has 3 aromatic rings. The van der Waals surface area contributed by atoms with Gasteiger partial charge in [-0.25, -0.2) is 4.98 Å². The van der Waals surface area contributed by atoms with Crippen LogP contribution >= 0.6 is 0 Å². The van der Waals surface area contributed by atoms with Crippen molar-refractivity contribution in [1.82, 2.24) is 9.97 Å². The standard InChI is InChI=1S/C22H21F3N2O2/c23-22(24,25)17-10-7-9-16(14-17)8-3-1-2-4-12-19(28)21-27-15-20(29-21)18-11-5-6-13-26-18/h5-7,9-11,13-15H,1-4,8,12H2. The Labute approximate surface area is 166 Å². The molecule has 0 saturated heterocycles. The number of ketones is 1. The number of hydrogen-bond acceptors (Lipinski definition) is 4. The molecule has 0 saturated carbocycles. The highest BCUT2D eigenvalue weighted by molar-refractivity contribution is 5.91. The lowest BCUT2D eigenvalue weighted by atomic mass is 10.0. The Morgan fingerprint density at radius 3 is 2.55 bits per heavy atom. The summed E-state index contributed by atoms with van der Waals surface area (Å²) >= 11 is 0.